The summed E-state index contributed by atoms with van der Waals surface area (Å²) in [5.41, 5.74) is 5.71. The lowest BCUT2D eigenvalue weighted by Crippen LogP contribution is -2.02. The summed E-state index contributed by atoms with van der Waals surface area (Å²) in [5.74, 6) is 0.679. The van der Waals surface area contributed by atoms with Crippen molar-refractivity contribution in [3.05, 3.63) is 10.9 Å². The Morgan fingerprint density at radius 3 is 3.00 bits per heavy atom. The number of methoxy groups -OCH3 is 1. The van der Waals surface area contributed by atoms with Crippen LogP contribution in [0.25, 0.3) is 10.2 Å². The molecule has 2 rings (SSSR count). The molecule has 0 aliphatic carbocycles. The first-order valence-corrected chi connectivity index (χ1v) is 7.69. The molecule has 7 heteroatoms. The summed E-state index contributed by atoms with van der Waals surface area (Å²) in [5, 5.41) is 1.85. The Kier molecular flexibility index (Phi) is 4.60. The number of carbonyl (C=O) groups excluding carboxylic acids is 1. The van der Waals surface area contributed by atoms with Crippen molar-refractivity contribution in [3.8, 4) is 0 Å². The van der Waals surface area contributed by atoms with Crippen LogP contribution in [0.5, 0.6) is 0 Å². The van der Waals surface area contributed by atoms with Gasteiger partial charge in [0.2, 0.25) is 5.95 Å². The number of nitrogens with two attached hydrogens (primary N) is 1. The highest BCUT2D eigenvalue weighted by molar-refractivity contribution is 7.99. The van der Waals surface area contributed by atoms with Crippen molar-refractivity contribution in [1.82, 2.24) is 9.97 Å². The van der Waals surface area contributed by atoms with E-state index >= 15 is 0 Å². The van der Waals surface area contributed by atoms with Crippen LogP contribution in [0.1, 0.15) is 18.2 Å². The maximum Gasteiger partial charge on any atom is 0.306 e. The molecule has 0 unspecified atom stereocenters. The molecule has 0 fully saturated rings. The predicted molar refractivity (Wildman–Crippen MR) is 78.6 cm³/mol. The van der Waals surface area contributed by atoms with Gasteiger partial charge in [-0.3, -0.25) is 4.79 Å². The minimum Gasteiger partial charge on any atom is -0.469 e. The standard InChI is InChI=1S/C12H15N3O2S2/c1-3-7-6-8-10(18-5-4-9(16)17-2)14-12(13)15-11(8)19-7/h6H,3-5H2,1-2H3,(H2,13,14,15). The van der Waals surface area contributed by atoms with Crippen molar-refractivity contribution < 1.29 is 9.53 Å². The number of anilines is 1. The van der Waals surface area contributed by atoms with Gasteiger partial charge in [-0.1, -0.05) is 6.92 Å². The van der Waals surface area contributed by atoms with Crippen LogP contribution in [0.2, 0.25) is 0 Å². The fourth-order valence-corrected chi connectivity index (χ4v) is 3.55. The quantitative estimate of drug-likeness (QED) is 0.519. The summed E-state index contributed by atoms with van der Waals surface area (Å²) >= 11 is 3.14. The summed E-state index contributed by atoms with van der Waals surface area (Å²) < 4.78 is 4.61. The van der Waals surface area contributed by atoms with Crippen LogP contribution in [0.4, 0.5) is 5.95 Å². The largest absolute Gasteiger partial charge is 0.469 e. The van der Waals surface area contributed by atoms with Gasteiger partial charge in [-0.25, -0.2) is 9.97 Å². The van der Waals surface area contributed by atoms with Crippen LogP contribution >= 0.6 is 23.1 Å². The number of rotatable bonds is 5. The van der Waals surface area contributed by atoms with E-state index in [2.05, 4.69) is 27.7 Å². The highest BCUT2D eigenvalue weighted by Crippen LogP contribution is 2.32. The molecule has 0 spiro atoms. The molecule has 102 valence electrons. The van der Waals surface area contributed by atoms with Crippen molar-refractivity contribution in [1.29, 1.82) is 0 Å². The van der Waals surface area contributed by atoms with Crippen LogP contribution in [-0.4, -0.2) is 28.8 Å². The summed E-state index contributed by atoms with van der Waals surface area (Å²) in [6, 6.07) is 2.10. The first-order valence-electron chi connectivity index (χ1n) is 5.89. The van der Waals surface area contributed by atoms with Gasteiger partial charge in [0.15, 0.2) is 0 Å². The zero-order chi connectivity index (χ0) is 13.8. The first-order chi connectivity index (χ1) is 9.13. The van der Waals surface area contributed by atoms with Crippen LogP contribution < -0.4 is 5.73 Å². The molecule has 0 atom stereocenters. The number of hydrogen-bond acceptors (Lipinski definition) is 7. The van der Waals surface area contributed by atoms with Gasteiger partial charge in [0.25, 0.3) is 0 Å². The number of nitrogen functional groups attached to an aromatic ring is 1. The van der Waals surface area contributed by atoms with Crippen molar-refractivity contribution >= 4 is 45.2 Å². The fourth-order valence-electron chi connectivity index (χ4n) is 1.58. The van der Waals surface area contributed by atoms with Gasteiger partial charge in [-0.2, -0.15) is 0 Å². The average molecular weight is 297 g/mol. The second-order valence-corrected chi connectivity index (χ2v) is 6.05. The molecule has 0 saturated carbocycles. The number of esters is 1. The van der Waals surface area contributed by atoms with E-state index in [-0.39, 0.29) is 11.9 Å². The Morgan fingerprint density at radius 1 is 1.53 bits per heavy atom. The second kappa shape index (κ2) is 6.21. The van der Waals surface area contributed by atoms with Crippen molar-refractivity contribution in [2.24, 2.45) is 0 Å². The zero-order valence-corrected chi connectivity index (χ0v) is 12.4. The number of nitrogens with zero attached hydrogens (tertiary/aromatic N) is 2. The van der Waals surface area contributed by atoms with Gasteiger partial charge < -0.3 is 10.5 Å². The normalized spacial score (nSPS) is 10.8. The molecule has 0 radical (unpaired) electrons. The molecule has 2 heterocycles. The molecule has 0 aliphatic rings. The number of carbonyl (C=O) groups is 1. The highest BCUT2D eigenvalue weighted by Gasteiger charge is 2.11. The van der Waals surface area contributed by atoms with Crippen LogP contribution in [0.15, 0.2) is 11.1 Å². The monoisotopic (exact) mass is 297 g/mol. The van der Waals surface area contributed by atoms with Crippen LogP contribution in [-0.2, 0) is 16.0 Å². The molecule has 19 heavy (non-hydrogen) atoms. The molecule has 0 aliphatic heterocycles. The number of fused-ring (bicyclic) bond motifs is 1. The highest BCUT2D eigenvalue weighted by atomic mass is 32.2. The summed E-state index contributed by atoms with van der Waals surface area (Å²) in [7, 11) is 1.39. The van der Waals surface area contributed by atoms with E-state index in [9.17, 15) is 4.79 Å². The minimum absolute atomic E-state index is 0.217. The van der Waals surface area contributed by atoms with E-state index in [1.54, 1.807) is 11.3 Å². The maximum atomic E-state index is 11.1. The SMILES string of the molecule is CCc1cc2c(SCCC(=O)OC)nc(N)nc2s1. The molecule has 2 aromatic rings. The van der Waals surface area contributed by atoms with E-state index in [1.807, 2.05) is 0 Å². The van der Waals surface area contributed by atoms with Crippen molar-refractivity contribution in [2.75, 3.05) is 18.6 Å². The lowest BCUT2D eigenvalue weighted by molar-refractivity contribution is -0.140. The molecule has 0 bridgehead atoms. The Labute approximate surface area is 119 Å². The number of hydrogen-bond donors (Lipinski definition) is 1. The third kappa shape index (κ3) is 3.36. The second-order valence-electron chi connectivity index (χ2n) is 3.85. The number of thiophene rings is 1. The zero-order valence-electron chi connectivity index (χ0n) is 10.8. The molecule has 2 aromatic heterocycles. The molecule has 5 nitrogen and oxygen atoms in total. The van der Waals surface area contributed by atoms with Crippen LogP contribution in [0.3, 0.4) is 0 Å². The molecule has 2 N–H and O–H groups in total. The minimum atomic E-state index is -0.217. The van der Waals surface area contributed by atoms with Crippen molar-refractivity contribution in [3.63, 3.8) is 0 Å². The van der Waals surface area contributed by atoms with Gasteiger partial charge in [-0.05, 0) is 12.5 Å². The van der Waals surface area contributed by atoms with Gasteiger partial charge in [0.05, 0.1) is 13.5 Å². The van der Waals surface area contributed by atoms with Crippen LogP contribution in [0, 0.1) is 0 Å². The molecular weight excluding hydrogens is 282 g/mol. The Hall–Kier alpha value is -1.34. The Balaban J connectivity index is 2.21. The molecule has 0 aromatic carbocycles. The molecule has 0 saturated heterocycles. The van der Waals surface area contributed by atoms with Crippen molar-refractivity contribution in [2.45, 2.75) is 24.8 Å². The lowest BCUT2D eigenvalue weighted by Gasteiger charge is -2.02. The number of aromatic nitrogens is 2. The van der Waals surface area contributed by atoms with Gasteiger partial charge in [-0.15, -0.1) is 23.1 Å². The molecular formula is C12H15N3O2S2. The first kappa shape index (κ1) is 14.1. The number of aryl methyl sites for hydroxylation is 1. The summed E-state index contributed by atoms with van der Waals surface area (Å²) in [6.07, 6.45) is 1.32. The number of ether oxygens (including phenoxy) is 1. The number of thioether (sulfide) groups is 1. The topological polar surface area (TPSA) is 78.1 Å². The van der Waals surface area contributed by atoms with Gasteiger partial charge >= 0.3 is 5.97 Å². The summed E-state index contributed by atoms with van der Waals surface area (Å²) in [6.45, 7) is 2.10. The van der Waals surface area contributed by atoms with E-state index < -0.39 is 0 Å². The smallest absolute Gasteiger partial charge is 0.306 e. The van der Waals surface area contributed by atoms with E-state index in [4.69, 9.17) is 5.73 Å². The maximum absolute atomic E-state index is 11.1. The van der Waals surface area contributed by atoms with E-state index in [1.165, 1.54) is 23.7 Å². The van der Waals surface area contributed by atoms with E-state index in [0.29, 0.717) is 12.2 Å². The third-order valence-corrected chi connectivity index (χ3v) is 4.71. The molecule has 0 amide bonds. The van der Waals surface area contributed by atoms with E-state index in [0.717, 1.165) is 21.7 Å². The predicted octanol–water partition coefficient (Wildman–Crippen LogP) is 2.49. The summed E-state index contributed by atoms with van der Waals surface area (Å²) in [4.78, 5) is 21.8. The lowest BCUT2D eigenvalue weighted by atomic mass is 10.3. The average Bonchev–Trinajstić information content (AvgIpc) is 2.81. The van der Waals surface area contributed by atoms with Gasteiger partial charge in [0.1, 0.15) is 9.86 Å². The van der Waals surface area contributed by atoms with Gasteiger partial charge in [0, 0.05) is 16.0 Å². The third-order valence-electron chi connectivity index (χ3n) is 2.55. The fraction of sp³-hybridized carbons (Fsp3) is 0.417. The Morgan fingerprint density at radius 2 is 2.32 bits per heavy atom. The Bertz CT molecular complexity index is 598.